The summed E-state index contributed by atoms with van der Waals surface area (Å²) in [7, 11) is 0. The molecule has 4 heteroatoms. The summed E-state index contributed by atoms with van der Waals surface area (Å²) in [6, 6.07) is 22.1. The molecule has 0 bridgehead atoms. The van der Waals surface area contributed by atoms with Gasteiger partial charge in [-0.3, -0.25) is 0 Å². The molecule has 0 aromatic heterocycles. The molecule has 2 aromatic rings. The van der Waals surface area contributed by atoms with E-state index >= 15 is 0 Å². The second kappa shape index (κ2) is 13.8. The Kier molecular flexibility index (Phi) is 14.6. The van der Waals surface area contributed by atoms with Gasteiger partial charge in [0.1, 0.15) is 0 Å². The van der Waals surface area contributed by atoms with Crippen molar-refractivity contribution < 1.29 is 58.9 Å². The normalized spacial score (nSPS) is 12.9. The second-order valence-electron chi connectivity index (χ2n) is 8.42. The molecule has 1 aliphatic carbocycles. The summed E-state index contributed by atoms with van der Waals surface area (Å²) in [6.45, 7) is 9.14. The topological polar surface area (TPSA) is 0 Å². The van der Waals surface area contributed by atoms with Gasteiger partial charge >= 0.3 is 21.7 Å². The van der Waals surface area contributed by atoms with Gasteiger partial charge in [0.15, 0.2) is 0 Å². The number of benzene rings is 2. The monoisotopic (exact) mass is 496 g/mol. The van der Waals surface area contributed by atoms with Crippen molar-refractivity contribution in [2.24, 2.45) is 5.41 Å². The van der Waals surface area contributed by atoms with Crippen LogP contribution in [0.1, 0.15) is 64.5 Å². The summed E-state index contributed by atoms with van der Waals surface area (Å²) < 4.78 is 0. The number of unbranched alkanes of at least 4 members (excludes halogenated alkanes) is 1. The van der Waals surface area contributed by atoms with E-state index in [0.717, 1.165) is 12.8 Å². The van der Waals surface area contributed by atoms with E-state index in [1.54, 1.807) is 0 Å². The van der Waals surface area contributed by atoms with Gasteiger partial charge in [-0.25, -0.2) is 17.7 Å². The zero-order valence-electron chi connectivity index (χ0n) is 18.3. The molecule has 0 nitrogen and oxygen atoms in total. The zero-order chi connectivity index (χ0) is 18.6. The van der Waals surface area contributed by atoms with Gasteiger partial charge in [0.25, 0.3) is 0 Å². The minimum absolute atomic E-state index is 0. The second-order valence-corrected chi connectivity index (χ2v) is 8.42. The van der Waals surface area contributed by atoms with Crippen molar-refractivity contribution in [3.05, 3.63) is 95.1 Å². The molecule has 0 spiro atoms. The van der Waals surface area contributed by atoms with Crippen molar-refractivity contribution in [1.82, 2.24) is 0 Å². The molecule has 0 atom stereocenters. The van der Waals surface area contributed by atoms with Crippen LogP contribution in [0.4, 0.5) is 0 Å². The Hall–Kier alpha value is -0.496. The van der Waals surface area contributed by atoms with E-state index in [2.05, 4.69) is 101 Å². The molecular weight excluding hydrogens is 467 g/mol. The average molecular weight is 498 g/mol. The van der Waals surface area contributed by atoms with Gasteiger partial charge in [-0.2, -0.15) is 5.57 Å². The molecule has 2 aromatic carbocycles. The molecule has 30 heavy (non-hydrogen) atoms. The molecule has 0 fully saturated rings. The molecule has 0 amide bonds. The number of allylic oxidation sites excluding steroid dienone is 4. The van der Waals surface area contributed by atoms with Gasteiger partial charge in [0.05, 0.1) is 0 Å². The van der Waals surface area contributed by atoms with E-state index in [1.165, 1.54) is 35.1 Å². The molecule has 0 saturated carbocycles. The minimum Gasteiger partial charge on any atom is -1.00 e. The Morgan fingerprint density at radius 3 is 1.63 bits per heavy atom. The predicted molar refractivity (Wildman–Crippen MR) is 112 cm³/mol. The van der Waals surface area contributed by atoms with Crippen LogP contribution in [0.25, 0.3) is 0 Å². The van der Waals surface area contributed by atoms with Crippen LogP contribution < -0.4 is 37.2 Å². The minimum atomic E-state index is -0.0813. The van der Waals surface area contributed by atoms with Crippen molar-refractivity contribution in [3.8, 4) is 0 Å². The molecule has 0 unspecified atom stereocenters. The number of hydrogen-bond donors (Lipinski definition) is 0. The summed E-state index contributed by atoms with van der Waals surface area (Å²) in [4.78, 5) is 0. The summed E-state index contributed by atoms with van der Waals surface area (Å²) >= 11 is 0. The Morgan fingerprint density at radius 2 is 1.27 bits per heavy atom. The smallest absolute Gasteiger partial charge is 1.00 e. The molecule has 0 heterocycles. The van der Waals surface area contributed by atoms with Gasteiger partial charge in [0.2, 0.25) is 0 Å². The van der Waals surface area contributed by atoms with Gasteiger partial charge < -0.3 is 37.2 Å². The van der Waals surface area contributed by atoms with Gasteiger partial charge in [-0.05, 0) is 23.0 Å². The maximum absolute atomic E-state index is 3.86. The molecule has 0 N–H and O–H groups in total. The molecular formula is C26H31Cl3Ti. The third kappa shape index (κ3) is 6.75. The van der Waals surface area contributed by atoms with Crippen LogP contribution in [-0.4, -0.2) is 0 Å². The molecule has 3 rings (SSSR count). The molecule has 0 saturated heterocycles. The maximum Gasteiger partial charge on any atom is 4.00 e. The van der Waals surface area contributed by atoms with Crippen LogP contribution in [0.2, 0.25) is 0 Å². The largest absolute Gasteiger partial charge is 4.00 e. The van der Waals surface area contributed by atoms with Crippen LogP contribution in [0.15, 0.2) is 77.9 Å². The average Bonchev–Trinajstić information content (AvgIpc) is 3.15. The van der Waals surface area contributed by atoms with Crippen LogP contribution in [0.5, 0.6) is 0 Å². The van der Waals surface area contributed by atoms with Gasteiger partial charge in [-0.15, -0.1) is 0 Å². The van der Waals surface area contributed by atoms with Crippen LogP contribution >= 0.6 is 0 Å². The van der Waals surface area contributed by atoms with E-state index < -0.39 is 0 Å². The SMILES string of the molecule is CCCCC(C1=[C-]C(C(C)(C)C)=CC1)(c1ccccc1)c1ccccc1.[Cl-].[Cl-].[Cl-].[Ti+4]. The first-order valence-corrected chi connectivity index (χ1v) is 9.93. The first kappa shape index (κ1) is 31.7. The number of halogens is 3. The van der Waals surface area contributed by atoms with Crippen molar-refractivity contribution >= 4 is 0 Å². The quantitative estimate of drug-likeness (QED) is 0.329. The summed E-state index contributed by atoms with van der Waals surface area (Å²) in [5.41, 5.74) is 5.62. The third-order valence-electron chi connectivity index (χ3n) is 5.56. The van der Waals surface area contributed by atoms with E-state index in [4.69, 9.17) is 0 Å². The van der Waals surface area contributed by atoms with Crippen molar-refractivity contribution in [3.63, 3.8) is 0 Å². The van der Waals surface area contributed by atoms with E-state index in [0.29, 0.717) is 0 Å². The Bertz CT molecular complexity index is 751. The number of rotatable bonds is 6. The van der Waals surface area contributed by atoms with Gasteiger partial charge in [-0.1, -0.05) is 108 Å². The zero-order valence-corrected chi connectivity index (χ0v) is 22.1. The van der Waals surface area contributed by atoms with Gasteiger partial charge in [0, 0.05) is 5.41 Å². The number of hydrogen-bond acceptors (Lipinski definition) is 0. The fourth-order valence-corrected chi connectivity index (χ4v) is 4.09. The summed E-state index contributed by atoms with van der Waals surface area (Å²) in [6.07, 6.45) is 10.8. The Morgan fingerprint density at radius 1 is 0.800 bits per heavy atom. The third-order valence-corrected chi connectivity index (χ3v) is 5.56. The molecule has 0 radical (unpaired) electrons. The maximum atomic E-state index is 3.86. The van der Waals surface area contributed by atoms with Crippen molar-refractivity contribution in [1.29, 1.82) is 0 Å². The van der Waals surface area contributed by atoms with E-state index in [-0.39, 0.29) is 69.8 Å². The summed E-state index contributed by atoms with van der Waals surface area (Å²) in [5, 5.41) is 0. The standard InChI is InChI=1S/C26H31.3ClH.Ti/c1-5-6-19-26(21-13-9-7-10-14-21,22-15-11-8-12-16-22)24-18-17-23(20-24)25(2,3)4;;;;/h7-17H,5-6,18-19H2,1-4H3;3*1H;/q-1;;;;+4/p-3. The Labute approximate surface area is 217 Å². The summed E-state index contributed by atoms with van der Waals surface area (Å²) in [5.74, 6) is 0. The fourth-order valence-electron chi connectivity index (χ4n) is 4.09. The van der Waals surface area contributed by atoms with Crippen LogP contribution in [-0.2, 0) is 27.1 Å². The fraction of sp³-hybridized carbons (Fsp3) is 0.385. The molecule has 160 valence electrons. The Balaban J connectivity index is 0. The predicted octanol–water partition coefficient (Wildman–Crippen LogP) is -1.72. The van der Waals surface area contributed by atoms with E-state index in [1.807, 2.05) is 0 Å². The van der Waals surface area contributed by atoms with Crippen molar-refractivity contribution in [2.45, 2.75) is 58.8 Å². The molecule has 1 aliphatic rings. The first-order valence-electron chi connectivity index (χ1n) is 9.93. The van der Waals surface area contributed by atoms with E-state index in [9.17, 15) is 0 Å². The first-order chi connectivity index (χ1) is 12.5. The van der Waals surface area contributed by atoms with Crippen LogP contribution in [0, 0.1) is 11.5 Å². The van der Waals surface area contributed by atoms with Crippen molar-refractivity contribution in [2.75, 3.05) is 0 Å². The molecule has 0 aliphatic heterocycles. The van der Waals surface area contributed by atoms with Crippen LogP contribution in [0.3, 0.4) is 0 Å².